The van der Waals surface area contributed by atoms with Crippen LogP contribution in [0.15, 0.2) is 0 Å². The Morgan fingerprint density at radius 2 is 2.40 bits per heavy atom. The molecule has 0 amide bonds. The van der Waals surface area contributed by atoms with Gasteiger partial charge in [0.25, 0.3) is 0 Å². The number of rotatable bonds is 1. The van der Waals surface area contributed by atoms with Gasteiger partial charge in [0.15, 0.2) is 0 Å². The molecule has 3 unspecified atom stereocenters. The van der Waals surface area contributed by atoms with Crippen LogP contribution in [-0.4, -0.2) is 35.7 Å². The molecule has 0 spiro atoms. The van der Waals surface area contributed by atoms with Gasteiger partial charge in [-0.1, -0.05) is 0 Å². The second-order valence-electron chi connectivity index (χ2n) is 3.58. The molecule has 0 saturated carbocycles. The van der Waals surface area contributed by atoms with E-state index in [0.717, 1.165) is 5.92 Å². The zero-order valence-electron chi connectivity index (χ0n) is 6.29. The van der Waals surface area contributed by atoms with Crippen LogP contribution < -0.4 is 0 Å². The fourth-order valence-corrected chi connectivity index (χ4v) is 2.35. The molecule has 2 nitrogen and oxygen atoms in total. The van der Waals surface area contributed by atoms with Gasteiger partial charge in [-0.25, -0.2) is 0 Å². The van der Waals surface area contributed by atoms with Gasteiger partial charge in [-0.3, -0.25) is 4.90 Å². The molecule has 2 rings (SSSR count). The van der Waals surface area contributed by atoms with Crippen LogP contribution in [0, 0.1) is 5.92 Å². The number of piperidine rings is 1. The Kier molecular flexibility index (Phi) is 1.66. The fourth-order valence-electron chi connectivity index (χ4n) is 2.35. The first-order valence-corrected chi connectivity index (χ1v) is 4.25. The molecule has 10 heavy (non-hydrogen) atoms. The van der Waals surface area contributed by atoms with E-state index in [9.17, 15) is 0 Å². The molecule has 0 aromatic carbocycles. The number of hydrogen-bond acceptors (Lipinski definition) is 2. The smallest absolute Gasteiger partial charge is 0.0586 e. The molecule has 2 heteroatoms. The highest BCUT2D eigenvalue weighted by Crippen LogP contribution is 2.30. The van der Waals surface area contributed by atoms with Gasteiger partial charge < -0.3 is 5.11 Å². The van der Waals surface area contributed by atoms with Crippen molar-refractivity contribution in [2.45, 2.75) is 25.3 Å². The molecule has 2 heterocycles. The van der Waals surface area contributed by atoms with Gasteiger partial charge in [-0.15, -0.1) is 0 Å². The van der Waals surface area contributed by atoms with Gasteiger partial charge in [-0.05, 0) is 31.7 Å². The highest BCUT2D eigenvalue weighted by atomic mass is 16.3. The summed E-state index contributed by atoms with van der Waals surface area (Å²) >= 11 is 0. The van der Waals surface area contributed by atoms with Crippen molar-refractivity contribution < 1.29 is 5.11 Å². The first-order chi connectivity index (χ1) is 4.90. The lowest BCUT2D eigenvalue weighted by Gasteiger charge is -2.24. The molecule has 0 radical (unpaired) electrons. The lowest BCUT2D eigenvalue weighted by atomic mass is 10.00. The summed E-state index contributed by atoms with van der Waals surface area (Å²) in [5.74, 6) is 0.908. The van der Waals surface area contributed by atoms with E-state index in [4.69, 9.17) is 5.11 Å². The number of hydrogen-bond donors (Lipinski definition) is 1. The summed E-state index contributed by atoms with van der Waals surface area (Å²) in [5.41, 5.74) is 0. The number of aliphatic hydroxyl groups excluding tert-OH is 1. The normalized spacial score (nSPS) is 45.9. The Bertz CT molecular complexity index is 126. The van der Waals surface area contributed by atoms with E-state index in [1.807, 2.05) is 0 Å². The summed E-state index contributed by atoms with van der Waals surface area (Å²) in [7, 11) is 0. The van der Waals surface area contributed by atoms with Crippen LogP contribution in [0.1, 0.15) is 19.3 Å². The van der Waals surface area contributed by atoms with Crippen molar-refractivity contribution in [1.82, 2.24) is 4.90 Å². The van der Waals surface area contributed by atoms with Crippen LogP contribution >= 0.6 is 0 Å². The molecule has 2 aliphatic heterocycles. The van der Waals surface area contributed by atoms with Gasteiger partial charge in [-0.2, -0.15) is 0 Å². The van der Waals surface area contributed by atoms with Crippen molar-refractivity contribution in [2.24, 2.45) is 5.92 Å². The lowest BCUT2D eigenvalue weighted by Crippen LogP contribution is -2.34. The average Bonchev–Trinajstić information content (AvgIpc) is 2.26. The summed E-state index contributed by atoms with van der Waals surface area (Å²) in [4.78, 5) is 2.44. The van der Waals surface area contributed by atoms with Crippen LogP contribution in [0.4, 0.5) is 0 Å². The molecule has 0 aromatic heterocycles. The standard InChI is InChI=1S/C8H15NO/c10-6-8-4-7-2-1-3-9(8)5-7/h7-8,10H,1-6H2. The van der Waals surface area contributed by atoms with Gasteiger partial charge >= 0.3 is 0 Å². The fraction of sp³-hybridized carbons (Fsp3) is 1.00. The maximum absolute atomic E-state index is 8.97. The van der Waals surface area contributed by atoms with E-state index in [2.05, 4.69) is 4.90 Å². The van der Waals surface area contributed by atoms with Crippen molar-refractivity contribution in [3.63, 3.8) is 0 Å². The molecule has 0 aromatic rings. The Balaban J connectivity index is 2.01. The van der Waals surface area contributed by atoms with Crippen molar-refractivity contribution in [3.05, 3.63) is 0 Å². The van der Waals surface area contributed by atoms with Crippen molar-refractivity contribution in [1.29, 1.82) is 0 Å². The van der Waals surface area contributed by atoms with Crippen molar-refractivity contribution in [3.8, 4) is 0 Å². The van der Waals surface area contributed by atoms with E-state index < -0.39 is 0 Å². The molecular formula is C8H15NO. The summed E-state index contributed by atoms with van der Waals surface area (Å²) in [6.45, 7) is 2.85. The zero-order valence-corrected chi connectivity index (χ0v) is 6.29. The highest BCUT2D eigenvalue weighted by molar-refractivity contribution is 4.88. The molecule has 2 bridgehead atoms. The molecule has 2 aliphatic rings. The predicted molar refractivity (Wildman–Crippen MR) is 39.8 cm³/mol. The van der Waals surface area contributed by atoms with Crippen LogP contribution in [0.2, 0.25) is 0 Å². The Morgan fingerprint density at radius 1 is 1.50 bits per heavy atom. The quantitative estimate of drug-likeness (QED) is 0.573. The topological polar surface area (TPSA) is 23.5 Å². The van der Waals surface area contributed by atoms with Gasteiger partial charge in [0.1, 0.15) is 0 Å². The van der Waals surface area contributed by atoms with E-state index in [0.29, 0.717) is 12.6 Å². The van der Waals surface area contributed by atoms with Crippen LogP contribution in [-0.2, 0) is 0 Å². The third-order valence-electron chi connectivity index (χ3n) is 2.88. The molecule has 2 saturated heterocycles. The van der Waals surface area contributed by atoms with E-state index in [1.54, 1.807) is 0 Å². The second kappa shape index (κ2) is 2.51. The largest absolute Gasteiger partial charge is 0.395 e. The summed E-state index contributed by atoms with van der Waals surface area (Å²) in [6, 6.07) is 0.507. The van der Waals surface area contributed by atoms with Gasteiger partial charge in [0.2, 0.25) is 0 Å². The van der Waals surface area contributed by atoms with Crippen LogP contribution in [0.3, 0.4) is 0 Å². The first kappa shape index (κ1) is 6.62. The SMILES string of the molecule is OCC1CC2CCCN1C2. The van der Waals surface area contributed by atoms with Gasteiger partial charge in [0.05, 0.1) is 6.61 Å². The minimum Gasteiger partial charge on any atom is -0.395 e. The van der Waals surface area contributed by atoms with E-state index in [1.165, 1.54) is 32.4 Å². The highest BCUT2D eigenvalue weighted by Gasteiger charge is 2.33. The molecule has 0 aliphatic carbocycles. The van der Waals surface area contributed by atoms with Crippen LogP contribution in [0.5, 0.6) is 0 Å². The van der Waals surface area contributed by atoms with Crippen molar-refractivity contribution in [2.75, 3.05) is 19.7 Å². The monoisotopic (exact) mass is 141 g/mol. The minimum atomic E-state index is 0.372. The minimum absolute atomic E-state index is 0.372. The molecule has 58 valence electrons. The average molecular weight is 141 g/mol. The summed E-state index contributed by atoms with van der Waals surface area (Å²) < 4.78 is 0. The lowest BCUT2D eigenvalue weighted by molar-refractivity contribution is 0.152. The zero-order chi connectivity index (χ0) is 6.97. The Morgan fingerprint density at radius 3 is 3.10 bits per heavy atom. The maximum Gasteiger partial charge on any atom is 0.0586 e. The number of fused-ring (bicyclic) bond motifs is 2. The molecule has 3 atom stereocenters. The van der Waals surface area contributed by atoms with E-state index >= 15 is 0 Å². The molecular weight excluding hydrogens is 126 g/mol. The first-order valence-electron chi connectivity index (χ1n) is 4.25. The van der Waals surface area contributed by atoms with Crippen LogP contribution in [0.25, 0.3) is 0 Å². The third kappa shape index (κ3) is 0.956. The molecule has 1 N–H and O–H groups in total. The third-order valence-corrected chi connectivity index (χ3v) is 2.88. The second-order valence-corrected chi connectivity index (χ2v) is 3.58. The number of nitrogens with zero attached hydrogens (tertiary/aromatic N) is 1. The Labute approximate surface area is 61.8 Å². The summed E-state index contributed by atoms with van der Waals surface area (Å²) in [6.07, 6.45) is 3.99. The maximum atomic E-state index is 8.97. The van der Waals surface area contributed by atoms with E-state index in [-0.39, 0.29) is 0 Å². The number of aliphatic hydroxyl groups is 1. The van der Waals surface area contributed by atoms with Gasteiger partial charge in [0, 0.05) is 12.6 Å². The predicted octanol–water partition coefficient (Wildman–Crippen LogP) is 0.463. The summed E-state index contributed by atoms with van der Waals surface area (Å²) in [5, 5.41) is 8.97. The Hall–Kier alpha value is -0.0800. The molecule has 2 fully saturated rings. The van der Waals surface area contributed by atoms with Crippen molar-refractivity contribution >= 4 is 0 Å².